The number of anilines is 1. The monoisotopic (exact) mass is 627 g/mol. The Labute approximate surface area is 258 Å². The van der Waals surface area contributed by atoms with Crippen LogP contribution in [0, 0.1) is 0 Å². The Kier molecular flexibility index (Phi) is 10.9. The number of ether oxygens (including phenoxy) is 2. The van der Waals surface area contributed by atoms with Crippen molar-refractivity contribution in [2.75, 3.05) is 30.3 Å². The van der Waals surface area contributed by atoms with Gasteiger partial charge in [0.15, 0.2) is 11.5 Å². The summed E-state index contributed by atoms with van der Waals surface area (Å²) in [5.41, 5.74) is 2.04. The lowest BCUT2D eigenvalue weighted by Crippen LogP contribution is -2.51. The number of benzene rings is 3. The smallest absolute Gasteiger partial charge is 0.243 e. The first-order chi connectivity index (χ1) is 20.5. The molecule has 0 radical (unpaired) electrons. The molecule has 1 atom stereocenters. The van der Waals surface area contributed by atoms with Crippen molar-refractivity contribution in [3.63, 3.8) is 0 Å². The highest BCUT2D eigenvalue weighted by atomic mass is 35.5. The van der Waals surface area contributed by atoms with E-state index in [2.05, 4.69) is 5.32 Å². The van der Waals surface area contributed by atoms with Crippen LogP contribution in [-0.4, -0.2) is 63.2 Å². The van der Waals surface area contributed by atoms with Crippen molar-refractivity contribution in [1.82, 2.24) is 10.2 Å². The number of fused-ring (bicyclic) bond motifs is 1. The molecule has 0 saturated carbocycles. The third kappa shape index (κ3) is 8.87. The zero-order valence-electron chi connectivity index (χ0n) is 24.7. The molecular formula is C32H38ClN3O6S. The Morgan fingerprint density at radius 1 is 0.953 bits per heavy atom. The molecular weight excluding hydrogens is 590 g/mol. The van der Waals surface area contributed by atoms with E-state index in [1.165, 1.54) is 4.31 Å². The predicted octanol–water partition coefficient (Wildman–Crippen LogP) is 4.82. The van der Waals surface area contributed by atoms with Crippen LogP contribution in [0.3, 0.4) is 0 Å². The lowest BCUT2D eigenvalue weighted by atomic mass is 10.0. The fraction of sp³-hybridized carbons (Fsp3) is 0.375. The number of amides is 2. The molecule has 1 heterocycles. The van der Waals surface area contributed by atoms with Gasteiger partial charge in [0.05, 0.1) is 11.9 Å². The Hall–Kier alpha value is -3.76. The minimum Gasteiger partial charge on any atom is -0.486 e. The molecule has 0 aliphatic carbocycles. The van der Waals surface area contributed by atoms with E-state index in [1.807, 2.05) is 62.4 Å². The number of rotatable bonds is 13. The third-order valence-electron chi connectivity index (χ3n) is 6.97. The third-order valence-corrected chi connectivity index (χ3v) is 8.53. The number of carbonyl (C=O) groups excluding carboxylic acids is 2. The Bertz CT molecular complexity index is 1520. The van der Waals surface area contributed by atoms with Crippen LogP contribution in [0.25, 0.3) is 0 Å². The quantitative estimate of drug-likeness (QED) is 0.291. The zero-order valence-corrected chi connectivity index (χ0v) is 26.2. The molecule has 0 spiro atoms. The second-order valence-electron chi connectivity index (χ2n) is 10.7. The van der Waals surface area contributed by atoms with E-state index in [1.54, 1.807) is 29.2 Å². The molecule has 43 heavy (non-hydrogen) atoms. The van der Waals surface area contributed by atoms with Crippen molar-refractivity contribution in [2.45, 2.75) is 51.7 Å². The minimum atomic E-state index is -3.67. The second-order valence-corrected chi connectivity index (χ2v) is 13.1. The van der Waals surface area contributed by atoms with Crippen molar-refractivity contribution in [1.29, 1.82) is 0 Å². The van der Waals surface area contributed by atoms with E-state index in [-0.39, 0.29) is 43.8 Å². The van der Waals surface area contributed by atoms with Gasteiger partial charge in [0, 0.05) is 43.1 Å². The van der Waals surface area contributed by atoms with E-state index in [4.69, 9.17) is 21.1 Å². The summed E-state index contributed by atoms with van der Waals surface area (Å²) in [6.45, 7) is 4.73. The molecule has 1 unspecified atom stereocenters. The first kappa shape index (κ1) is 32.2. The van der Waals surface area contributed by atoms with Crippen molar-refractivity contribution in [3.8, 4) is 11.5 Å². The number of nitrogens with one attached hydrogen (secondary N) is 1. The Balaban J connectivity index is 1.58. The molecule has 3 aromatic rings. The summed E-state index contributed by atoms with van der Waals surface area (Å²) in [7, 11) is -3.67. The molecule has 0 saturated heterocycles. The largest absolute Gasteiger partial charge is 0.486 e. The molecule has 9 nitrogen and oxygen atoms in total. The average molecular weight is 628 g/mol. The van der Waals surface area contributed by atoms with Crippen LogP contribution < -0.4 is 19.1 Å². The van der Waals surface area contributed by atoms with Crippen LogP contribution in [-0.2, 0) is 32.6 Å². The average Bonchev–Trinajstić information content (AvgIpc) is 2.97. The minimum absolute atomic E-state index is 0.0152. The SMILES string of the molecule is CC(C)NC(=O)C(Cc1ccccc1)N(Cc1ccccc1Cl)C(=O)CCCN(c1ccc2c(c1)OCCO2)S(C)(=O)=O. The number of halogens is 1. The fourth-order valence-corrected chi connectivity index (χ4v) is 6.09. The number of carbonyl (C=O) groups is 2. The molecule has 0 fully saturated rings. The van der Waals surface area contributed by atoms with Gasteiger partial charge in [0.2, 0.25) is 21.8 Å². The molecule has 1 aliphatic rings. The summed E-state index contributed by atoms with van der Waals surface area (Å²) in [5, 5.41) is 3.45. The first-order valence-corrected chi connectivity index (χ1v) is 16.5. The van der Waals surface area contributed by atoms with Crippen molar-refractivity contribution < 1.29 is 27.5 Å². The van der Waals surface area contributed by atoms with Gasteiger partial charge < -0.3 is 19.7 Å². The van der Waals surface area contributed by atoms with E-state index in [0.29, 0.717) is 47.4 Å². The Morgan fingerprint density at radius 3 is 2.30 bits per heavy atom. The second kappa shape index (κ2) is 14.6. The standard InChI is InChI=1S/C32H38ClN3O6S/c1-23(2)34-32(38)28(20-24-10-5-4-6-11-24)35(22-25-12-7-8-13-27(25)33)31(37)14-9-17-36(43(3,39)40)26-15-16-29-30(21-26)42-19-18-41-29/h4-8,10-13,15-16,21,23,28H,9,14,17-20,22H2,1-3H3,(H,34,38). The number of nitrogens with zero attached hydrogens (tertiary/aromatic N) is 2. The van der Waals surface area contributed by atoms with Crippen LogP contribution >= 0.6 is 11.6 Å². The van der Waals surface area contributed by atoms with E-state index < -0.39 is 16.1 Å². The normalized spacial score (nSPS) is 13.3. The van der Waals surface area contributed by atoms with Crippen molar-refractivity contribution in [2.24, 2.45) is 0 Å². The first-order valence-electron chi connectivity index (χ1n) is 14.3. The molecule has 0 aromatic heterocycles. The number of hydrogen-bond acceptors (Lipinski definition) is 6. The Morgan fingerprint density at radius 2 is 1.63 bits per heavy atom. The van der Waals surface area contributed by atoms with Crippen molar-refractivity contribution >= 4 is 39.1 Å². The van der Waals surface area contributed by atoms with Gasteiger partial charge in [0.25, 0.3) is 0 Å². The summed E-state index contributed by atoms with van der Waals surface area (Å²) >= 11 is 6.49. The predicted molar refractivity (Wildman–Crippen MR) is 168 cm³/mol. The molecule has 4 rings (SSSR count). The zero-order chi connectivity index (χ0) is 31.0. The maximum atomic E-state index is 13.9. The lowest BCUT2D eigenvalue weighted by molar-refractivity contribution is -0.141. The molecule has 3 aromatic carbocycles. The van der Waals surface area contributed by atoms with Crippen LogP contribution in [0.15, 0.2) is 72.8 Å². The number of hydrogen-bond donors (Lipinski definition) is 1. The van der Waals surface area contributed by atoms with Gasteiger partial charge in [-0.15, -0.1) is 0 Å². The van der Waals surface area contributed by atoms with Gasteiger partial charge in [-0.25, -0.2) is 8.42 Å². The van der Waals surface area contributed by atoms with Gasteiger partial charge in [0.1, 0.15) is 19.3 Å². The highest BCUT2D eigenvalue weighted by Crippen LogP contribution is 2.35. The van der Waals surface area contributed by atoms with Gasteiger partial charge in [-0.3, -0.25) is 13.9 Å². The van der Waals surface area contributed by atoms with Gasteiger partial charge in [-0.2, -0.15) is 0 Å². The summed E-state index contributed by atoms with van der Waals surface area (Å²) in [6.07, 6.45) is 1.67. The highest BCUT2D eigenvalue weighted by molar-refractivity contribution is 7.92. The van der Waals surface area contributed by atoms with Crippen LogP contribution in [0.5, 0.6) is 11.5 Å². The van der Waals surface area contributed by atoms with Gasteiger partial charge in [-0.05, 0) is 49.6 Å². The summed E-state index contributed by atoms with van der Waals surface area (Å²) in [5.74, 6) is 0.473. The number of sulfonamides is 1. The summed E-state index contributed by atoms with van der Waals surface area (Å²) in [6, 6.07) is 20.8. The van der Waals surface area contributed by atoms with Gasteiger partial charge >= 0.3 is 0 Å². The van der Waals surface area contributed by atoms with Crippen molar-refractivity contribution in [3.05, 3.63) is 88.9 Å². The molecule has 1 N–H and O–H groups in total. The van der Waals surface area contributed by atoms with E-state index in [0.717, 1.165) is 11.8 Å². The van der Waals surface area contributed by atoms with Gasteiger partial charge in [-0.1, -0.05) is 60.1 Å². The molecule has 230 valence electrons. The fourth-order valence-electron chi connectivity index (χ4n) is 4.94. The maximum absolute atomic E-state index is 13.9. The van der Waals surface area contributed by atoms with Crippen LogP contribution in [0.1, 0.15) is 37.8 Å². The van der Waals surface area contributed by atoms with E-state index in [9.17, 15) is 18.0 Å². The summed E-state index contributed by atoms with van der Waals surface area (Å²) in [4.78, 5) is 29.0. The molecule has 2 amide bonds. The highest BCUT2D eigenvalue weighted by Gasteiger charge is 2.31. The van der Waals surface area contributed by atoms with Crippen LogP contribution in [0.4, 0.5) is 5.69 Å². The topological polar surface area (TPSA) is 105 Å². The molecule has 11 heteroatoms. The lowest BCUT2D eigenvalue weighted by Gasteiger charge is -2.32. The molecule has 0 bridgehead atoms. The van der Waals surface area contributed by atoms with Crippen LogP contribution in [0.2, 0.25) is 5.02 Å². The molecule has 1 aliphatic heterocycles. The van der Waals surface area contributed by atoms with E-state index >= 15 is 0 Å². The maximum Gasteiger partial charge on any atom is 0.243 e. The summed E-state index contributed by atoms with van der Waals surface area (Å²) < 4.78 is 38.0.